The molecular weight excluding hydrogens is 469 g/mol. The van der Waals surface area contributed by atoms with Gasteiger partial charge in [-0.3, -0.25) is 4.79 Å². The second kappa shape index (κ2) is 9.74. The normalized spacial score (nSPS) is 11.5. The molecule has 0 spiro atoms. The quantitative estimate of drug-likeness (QED) is 0.507. The number of carbonyl (C=O) groups excluding carboxylic acids is 1. The van der Waals surface area contributed by atoms with E-state index in [0.717, 1.165) is 16.4 Å². The molecule has 1 N–H and O–H groups in total. The van der Waals surface area contributed by atoms with Crippen LogP contribution in [0, 0.1) is 11.6 Å². The van der Waals surface area contributed by atoms with E-state index in [4.69, 9.17) is 23.2 Å². The molecule has 31 heavy (non-hydrogen) atoms. The summed E-state index contributed by atoms with van der Waals surface area (Å²) in [5, 5.41) is 3.14. The second-order valence-corrected chi connectivity index (χ2v) is 9.34. The van der Waals surface area contributed by atoms with Gasteiger partial charge >= 0.3 is 0 Å². The van der Waals surface area contributed by atoms with E-state index in [1.807, 2.05) is 0 Å². The minimum atomic E-state index is -4.09. The lowest BCUT2D eigenvalue weighted by molar-refractivity contribution is -0.116. The first kappa shape index (κ1) is 23.1. The van der Waals surface area contributed by atoms with Crippen molar-refractivity contribution in [2.45, 2.75) is 11.4 Å². The SMILES string of the molecule is O=C(CN(Cc1cccc(Cl)c1)S(=O)(=O)c1ccc(Cl)cc1)Nc1ccc(F)c(F)c1. The molecule has 0 aromatic heterocycles. The lowest BCUT2D eigenvalue weighted by Crippen LogP contribution is -2.37. The summed E-state index contributed by atoms with van der Waals surface area (Å²) in [6, 6.07) is 14.9. The number of anilines is 1. The summed E-state index contributed by atoms with van der Waals surface area (Å²) in [5.74, 6) is -2.93. The van der Waals surface area contributed by atoms with Gasteiger partial charge in [0.25, 0.3) is 0 Å². The molecule has 0 aliphatic carbocycles. The second-order valence-electron chi connectivity index (χ2n) is 6.53. The highest BCUT2D eigenvalue weighted by molar-refractivity contribution is 7.89. The summed E-state index contributed by atoms with van der Waals surface area (Å²) in [6.45, 7) is -0.715. The van der Waals surface area contributed by atoms with Gasteiger partial charge in [0.1, 0.15) is 0 Å². The third kappa shape index (κ3) is 6.01. The van der Waals surface area contributed by atoms with Gasteiger partial charge in [-0.1, -0.05) is 35.3 Å². The van der Waals surface area contributed by atoms with Crippen molar-refractivity contribution < 1.29 is 22.0 Å². The maximum Gasteiger partial charge on any atom is 0.243 e. The van der Waals surface area contributed by atoms with Gasteiger partial charge in [-0.2, -0.15) is 4.31 Å². The predicted molar refractivity (Wildman–Crippen MR) is 115 cm³/mol. The highest BCUT2D eigenvalue weighted by atomic mass is 35.5. The van der Waals surface area contributed by atoms with Crippen LogP contribution in [-0.2, 0) is 21.4 Å². The lowest BCUT2D eigenvalue weighted by Gasteiger charge is -2.22. The summed E-state index contributed by atoms with van der Waals surface area (Å²) in [5.41, 5.74) is 0.557. The molecule has 3 aromatic rings. The summed E-state index contributed by atoms with van der Waals surface area (Å²) < 4.78 is 53.8. The van der Waals surface area contributed by atoms with Crippen molar-refractivity contribution in [1.29, 1.82) is 0 Å². The molecule has 0 aliphatic heterocycles. The van der Waals surface area contributed by atoms with Crippen LogP contribution in [0.25, 0.3) is 0 Å². The van der Waals surface area contributed by atoms with Crippen molar-refractivity contribution in [3.63, 3.8) is 0 Å². The first-order valence-corrected chi connectivity index (χ1v) is 11.1. The fraction of sp³-hybridized carbons (Fsp3) is 0.0952. The van der Waals surface area contributed by atoms with Crippen molar-refractivity contribution in [2.75, 3.05) is 11.9 Å². The molecule has 0 heterocycles. The maximum atomic E-state index is 13.4. The first-order chi connectivity index (χ1) is 14.6. The first-order valence-electron chi connectivity index (χ1n) is 8.90. The van der Waals surface area contributed by atoms with Crippen LogP contribution in [-0.4, -0.2) is 25.2 Å². The highest BCUT2D eigenvalue weighted by Crippen LogP contribution is 2.22. The molecule has 0 saturated heterocycles. The highest BCUT2D eigenvalue weighted by Gasteiger charge is 2.27. The Morgan fingerprint density at radius 3 is 2.26 bits per heavy atom. The zero-order valence-corrected chi connectivity index (χ0v) is 18.2. The Kier molecular flexibility index (Phi) is 7.27. The molecule has 0 atom stereocenters. The number of nitrogens with one attached hydrogen (secondary N) is 1. The summed E-state index contributed by atoms with van der Waals surface area (Å²) in [6.07, 6.45) is 0. The Bertz CT molecular complexity index is 1210. The van der Waals surface area contributed by atoms with E-state index in [-0.39, 0.29) is 17.1 Å². The molecule has 0 radical (unpaired) electrons. The van der Waals surface area contributed by atoms with Gasteiger partial charge in [-0.05, 0) is 54.1 Å². The van der Waals surface area contributed by atoms with Crippen molar-refractivity contribution in [2.24, 2.45) is 0 Å². The molecule has 1 amide bonds. The van der Waals surface area contributed by atoms with E-state index in [9.17, 15) is 22.0 Å². The van der Waals surface area contributed by atoms with Crippen LogP contribution in [0.15, 0.2) is 71.6 Å². The Morgan fingerprint density at radius 2 is 1.61 bits per heavy atom. The maximum absolute atomic E-state index is 13.4. The zero-order valence-electron chi connectivity index (χ0n) is 15.9. The van der Waals surface area contributed by atoms with Crippen LogP contribution in [0.3, 0.4) is 0 Å². The average Bonchev–Trinajstić information content (AvgIpc) is 2.70. The van der Waals surface area contributed by atoms with E-state index in [0.29, 0.717) is 15.6 Å². The third-order valence-electron chi connectivity index (χ3n) is 4.22. The van der Waals surface area contributed by atoms with E-state index in [1.54, 1.807) is 24.3 Å². The van der Waals surface area contributed by atoms with Gasteiger partial charge in [0.05, 0.1) is 11.4 Å². The van der Waals surface area contributed by atoms with E-state index in [1.165, 1.54) is 30.3 Å². The molecule has 0 fully saturated rings. The zero-order chi connectivity index (χ0) is 22.6. The van der Waals surface area contributed by atoms with Crippen LogP contribution in [0.2, 0.25) is 10.0 Å². The fourth-order valence-corrected chi connectivity index (χ4v) is 4.48. The minimum absolute atomic E-state index is 0.00417. The largest absolute Gasteiger partial charge is 0.325 e. The van der Waals surface area contributed by atoms with Crippen LogP contribution >= 0.6 is 23.2 Å². The Hall–Kier alpha value is -2.52. The smallest absolute Gasteiger partial charge is 0.243 e. The lowest BCUT2D eigenvalue weighted by atomic mass is 10.2. The van der Waals surface area contributed by atoms with Crippen LogP contribution < -0.4 is 5.32 Å². The van der Waals surface area contributed by atoms with Crippen molar-refractivity contribution >= 4 is 44.8 Å². The van der Waals surface area contributed by atoms with Crippen LogP contribution in [0.5, 0.6) is 0 Å². The van der Waals surface area contributed by atoms with Gasteiger partial charge in [0.15, 0.2) is 11.6 Å². The topological polar surface area (TPSA) is 66.5 Å². The fourth-order valence-electron chi connectivity index (χ4n) is 2.76. The number of rotatable bonds is 7. The number of benzene rings is 3. The van der Waals surface area contributed by atoms with E-state index >= 15 is 0 Å². The van der Waals surface area contributed by atoms with Gasteiger partial charge in [0.2, 0.25) is 15.9 Å². The van der Waals surface area contributed by atoms with Crippen LogP contribution in [0.4, 0.5) is 14.5 Å². The monoisotopic (exact) mass is 484 g/mol. The third-order valence-corrected chi connectivity index (χ3v) is 6.52. The van der Waals surface area contributed by atoms with Gasteiger partial charge < -0.3 is 5.32 Å². The molecule has 3 aromatic carbocycles. The molecule has 3 rings (SSSR count). The number of nitrogens with zero attached hydrogens (tertiary/aromatic N) is 1. The predicted octanol–water partition coefficient (Wildman–Crippen LogP) is 5.10. The number of hydrogen-bond acceptors (Lipinski definition) is 3. The molecule has 0 aliphatic rings. The molecule has 0 bridgehead atoms. The Morgan fingerprint density at radius 1 is 0.903 bits per heavy atom. The van der Waals surface area contributed by atoms with Crippen molar-refractivity contribution in [1.82, 2.24) is 4.31 Å². The summed E-state index contributed by atoms with van der Waals surface area (Å²) in [7, 11) is -4.09. The molecule has 0 unspecified atom stereocenters. The number of halogens is 4. The number of carbonyl (C=O) groups is 1. The van der Waals surface area contributed by atoms with E-state index < -0.39 is 34.1 Å². The standard InChI is InChI=1S/C21H16Cl2F2N2O3S/c22-15-4-7-18(8-5-15)31(29,30)27(12-14-2-1-3-16(23)10-14)13-21(28)26-17-6-9-19(24)20(25)11-17/h1-11H,12-13H2,(H,26,28). The van der Waals surface area contributed by atoms with Gasteiger partial charge in [-0.25, -0.2) is 17.2 Å². The molecular formula is C21H16Cl2F2N2O3S. The summed E-state index contributed by atoms with van der Waals surface area (Å²) >= 11 is 11.8. The number of sulfonamides is 1. The Labute approximate surface area is 188 Å². The molecule has 10 heteroatoms. The minimum Gasteiger partial charge on any atom is -0.325 e. The number of hydrogen-bond donors (Lipinski definition) is 1. The molecule has 0 saturated carbocycles. The number of amides is 1. The summed E-state index contributed by atoms with van der Waals surface area (Å²) in [4.78, 5) is 12.5. The Balaban J connectivity index is 1.88. The average molecular weight is 485 g/mol. The van der Waals surface area contributed by atoms with Crippen LogP contribution in [0.1, 0.15) is 5.56 Å². The molecule has 162 valence electrons. The van der Waals surface area contributed by atoms with Gasteiger partial charge in [0, 0.05) is 28.3 Å². The van der Waals surface area contributed by atoms with Crippen molar-refractivity contribution in [3.05, 3.63) is 94.0 Å². The van der Waals surface area contributed by atoms with Gasteiger partial charge in [-0.15, -0.1) is 0 Å². The molecule has 5 nitrogen and oxygen atoms in total. The van der Waals surface area contributed by atoms with E-state index in [2.05, 4.69) is 5.32 Å². The van der Waals surface area contributed by atoms with Crippen molar-refractivity contribution in [3.8, 4) is 0 Å².